The van der Waals surface area contributed by atoms with Crippen LogP contribution in [-0.4, -0.2) is 13.1 Å². The van der Waals surface area contributed by atoms with Crippen molar-refractivity contribution in [2.75, 3.05) is 13.1 Å². The first-order valence-electron chi connectivity index (χ1n) is 6.27. The van der Waals surface area contributed by atoms with Crippen molar-refractivity contribution in [1.82, 2.24) is 5.32 Å². The molecule has 2 aliphatic rings. The third-order valence-electron chi connectivity index (χ3n) is 4.19. The predicted octanol–water partition coefficient (Wildman–Crippen LogP) is 3.06. The minimum Gasteiger partial charge on any atom is -0.316 e. The second-order valence-corrected chi connectivity index (χ2v) is 6.43. The Morgan fingerprint density at radius 1 is 1.14 bits per heavy atom. The molecule has 1 nitrogen and oxygen atoms in total. The highest BCUT2D eigenvalue weighted by atomic mass is 14.9. The van der Waals surface area contributed by atoms with Crippen molar-refractivity contribution in [3.05, 3.63) is 0 Å². The topological polar surface area (TPSA) is 12.0 Å². The third kappa shape index (κ3) is 2.31. The zero-order valence-electron chi connectivity index (χ0n) is 9.97. The van der Waals surface area contributed by atoms with Gasteiger partial charge >= 0.3 is 0 Å². The van der Waals surface area contributed by atoms with E-state index in [9.17, 15) is 0 Å². The van der Waals surface area contributed by atoms with Gasteiger partial charge in [-0.05, 0) is 61.9 Å². The highest BCUT2D eigenvalue weighted by molar-refractivity contribution is 4.88. The van der Waals surface area contributed by atoms with E-state index in [0.29, 0.717) is 5.41 Å². The molecular formula is C13H25N. The lowest BCUT2D eigenvalue weighted by Gasteiger charge is -2.41. The fourth-order valence-electron chi connectivity index (χ4n) is 3.86. The smallest absolute Gasteiger partial charge is 0.00174 e. The highest BCUT2D eigenvalue weighted by Crippen LogP contribution is 2.45. The normalized spacial score (nSPS) is 42.6. The van der Waals surface area contributed by atoms with Crippen LogP contribution in [0.4, 0.5) is 0 Å². The van der Waals surface area contributed by atoms with Gasteiger partial charge in [-0.25, -0.2) is 0 Å². The van der Waals surface area contributed by atoms with Crippen molar-refractivity contribution < 1.29 is 0 Å². The van der Waals surface area contributed by atoms with Crippen molar-refractivity contribution in [2.45, 2.75) is 46.5 Å². The molecule has 0 bridgehead atoms. The minimum atomic E-state index is 0.602. The van der Waals surface area contributed by atoms with Crippen molar-refractivity contribution >= 4 is 0 Å². The second kappa shape index (κ2) is 3.84. The van der Waals surface area contributed by atoms with E-state index < -0.39 is 0 Å². The molecule has 0 aromatic carbocycles. The second-order valence-electron chi connectivity index (χ2n) is 6.43. The van der Waals surface area contributed by atoms with Crippen molar-refractivity contribution in [1.29, 1.82) is 0 Å². The summed E-state index contributed by atoms with van der Waals surface area (Å²) in [5.41, 5.74) is 0.602. The molecule has 2 rings (SSSR count). The summed E-state index contributed by atoms with van der Waals surface area (Å²) >= 11 is 0. The first kappa shape index (κ1) is 10.5. The molecule has 3 unspecified atom stereocenters. The van der Waals surface area contributed by atoms with Crippen LogP contribution in [0.15, 0.2) is 0 Å². The summed E-state index contributed by atoms with van der Waals surface area (Å²) in [4.78, 5) is 0. The Labute approximate surface area is 88.7 Å². The number of hydrogen-bond donors (Lipinski definition) is 1. The fraction of sp³-hybridized carbons (Fsp3) is 1.00. The van der Waals surface area contributed by atoms with Gasteiger partial charge in [0.05, 0.1) is 0 Å². The van der Waals surface area contributed by atoms with E-state index >= 15 is 0 Å². The lowest BCUT2D eigenvalue weighted by Crippen LogP contribution is -2.32. The monoisotopic (exact) mass is 195 g/mol. The van der Waals surface area contributed by atoms with E-state index in [-0.39, 0.29) is 0 Å². The molecule has 0 aromatic heterocycles. The molecule has 0 radical (unpaired) electrons. The summed E-state index contributed by atoms with van der Waals surface area (Å²) in [6, 6.07) is 0. The number of hydrogen-bond acceptors (Lipinski definition) is 1. The van der Waals surface area contributed by atoms with Gasteiger partial charge < -0.3 is 5.32 Å². The van der Waals surface area contributed by atoms with Gasteiger partial charge in [0.25, 0.3) is 0 Å². The van der Waals surface area contributed by atoms with E-state index in [0.717, 1.165) is 17.8 Å². The molecular weight excluding hydrogens is 170 g/mol. The molecule has 1 heteroatoms. The molecule has 14 heavy (non-hydrogen) atoms. The molecule has 1 N–H and O–H groups in total. The van der Waals surface area contributed by atoms with Crippen LogP contribution >= 0.6 is 0 Å². The number of nitrogens with one attached hydrogen (secondary N) is 1. The molecule has 1 heterocycles. The Hall–Kier alpha value is -0.0400. The molecule has 0 spiro atoms. The lowest BCUT2D eigenvalue weighted by molar-refractivity contribution is 0.100. The SMILES string of the molecule is CC1CC(C2CCNC2)CC(C)(C)C1. The molecule has 3 atom stereocenters. The van der Waals surface area contributed by atoms with Crippen LogP contribution in [0.25, 0.3) is 0 Å². The zero-order valence-corrected chi connectivity index (χ0v) is 9.97. The summed E-state index contributed by atoms with van der Waals surface area (Å²) in [5, 5.41) is 3.51. The van der Waals surface area contributed by atoms with Gasteiger partial charge in [0.2, 0.25) is 0 Å². The summed E-state index contributed by atoms with van der Waals surface area (Å²) in [7, 11) is 0. The van der Waals surface area contributed by atoms with Crippen LogP contribution in [0, 0.1) is 23.2 Å². The Balaban J connectivity index is 1.97. The molecule has 1 aliphatic carbocycles. The minimum absolute atomic E-state index is 0.602. The summed E-state index contributed by atoms with van der Waals surface area (Å²) < 4.78 is 0. The van der Waals surface area contributed by atoms with Crippen LogP contribution in [0.2, 0.25) is 0 Å². The molecule has 82 valence electrons. The van der Waals surface area contributed by atoms with Crippen molar-refractivity contribution in [2.24, 2.45) is 23.2 Å². The van der Waals surface area contributed by atoms with Gasteiger partial charge in [0, 0.05) is 0 Å². The molecule has 0 amide bonds. The predicted molar refractivity (Wildman–Crippen MR) is 61.3 cm³/mol. The van der Waals surface area contributed by atoms with E-state index in [1.165, 1.54) is 38.8 Å². The van der Waals surface area contributed by atoms with Crippen LogP contribution < -0.4 is 5.32 Å². The van der Waals surface area contributed by atoms with Gasteiger partial charge in [0.1, 0.15) is 0 Å². The molecule has 1 saturated carbocycles. The zero-order chi connectivity index (χ0) is 10.2. The van der Waals surface area contributed by atoms with E-state index in [4.69, 9.17) is 0 Å². The molecule has 0 aromatic rings. The Kier molecular flexibility index (Phi) is 2.88. The van der Waals surface area contributed by atoms with E-state index in [2.05, 4.69) is 26.1 Å². The van der Waals surface area contributed by atoms with E-state index in [1.807, 2.05) is 0 Å². The average molecular weight is 195 g/mol. The molecule has 1 aliphatic heterocycles. The quantitative estimate of drug-likeness (QED) is 0.678. The Morgan fingerprint density at radius 3 is 2.50 bits per heavy atom. The Bertz CT molecular complexity index is 191. The van der Waals surface area contributed by atoms with Crippen molar-refractivity contribution in [3.63, 3.8) is 0 Å². The lowest BCUT2D eigenvalue weighted by atomic mass is 9.64. The van der Waals surface area contributed by atoms with Crippen LogP contribution in [0.1, 0.15) is 46.5 Å². The maximum Gasteiger partial charge on any atom is -0.00174 e. The first-order valence-corrected chi connectivity index (χ1v) is 6.27. The summed E-state index contributed by atoms with van der Waals surface area (Å²) in [5.74, 6) is 2.94. The first-order chi connectivity index (χ1) is 6.57. The van der Waals surface area contributed by atoms with E-state index in [1.54, 1.807) is 0 Å². The fourth-order valence-corrected chi connectivity index (χ4v) is 3.86. The maximum absolute atomic E-state index is 3.51. The highest BCUT2D eigenvalue weighted by Gasteiger charge is 2.36. The molecule has 1 saturated heterocycles. The largest absolute Gasteiger partial charge is 0.316 e. The van der Waals surface area contributed by atoms with Crippen LogP contribution in [-0.2, 0) is 0 Å². The third-order valence-corrected chi connectivity index (χ3v) is 4.19. The van der Waals surface area contributed by atoms with Crippen LogP contribution in [0.3, 0.4) is 0 Å². The Morgan fingerprint density at radius 2 is 1.93 bits per heavy atom. The van der Waals surface area contributed by atoms with Gasteiger partial charge in [-0.15, -0.1) is 0 Å². The van der Waals surface area contributed by atoms with Gasteiger partial charge in [0.15, 0.2) is 0 Å². The van der Waals surface area contributed by atoms with Gasteiger partial charge in [-0.2, -0.15) is 0 Å². The van der Waals surface area contributed by atoms with Gasteiger partial charge in [-0.1, -0.05) is 20.8 Å². The number of rotatable bonds is 1. The summed E-state index contributed by atoms with van der Waals surface area (Å²) in [6.07, 6.45) is 5.80. The molecule has 2 fully saturated rings. The average Bonchev–Trinajstić information content (AvgIpc) is 2.51. The summed E-state index contributed by atoms with van der Waals surface area (Å²) in [6.45, 7) is 9.90. The standard InChI is InChI=1S/C13H25N/c1-10-6-12(8-13(2,3)7-10)11-4-5-14-9-11/h10-12,14H,4-9H2,1-3H3. The van der Waals surface area contributed by atoms with Crippen molar-refractivity contribution in [3.8, 4) is 0 Å². The maximum atomic E-state index is 3.51. The van der Waals surface area contributed by atoms with Crippen LogP contribution in [0.5, 0.6) is 0 Å². The van der Waals surface area contributed by atoms with Gasteiger partial charge in [-0.3, -0.25) is 0 Å².